The Morgan fingerprint density at radius 2 is 1.94 bits per heavy atom. The molecule has 0 radical (unpaired) electrons. The highest BCUT2D eigenvalue weighted by Crippen LogP contribution is 2.25. The molecule has 0 spiro atoms. The number of aliphatic hydroxyl groups excluding tert-OH is 1. The second-order valence-corrected chi connectivity index (χ2v) is 6.13. The predicted molar refractivity (Wildman–Crippen MR) is 74.2 cm³/mol. The summed E-state index contributed by atoms with van der Waals surface area (Å²) in [5, 5.41) is 13.3. The first-order valence-electron chi connectivity index (χ1n) is 6.91. The van der Waals surface area contributed by atoms with Crippen LogP contribution in [0.15, 0.2) is 11.6 Å². The van der Waals surface area contributed by atoms with E-state index in [4.69, 9.17) is 0 Å². The van der Waals surface area contributed by atoms with Gasteiger partial charge in [-0.25, -0.2) is 4.98 Å². The molecule has 1 N–H and O–H groups in total. The van der Waals surface area contributed by atoms with Crippen LogP contribution in [0.4, 0.5) is 5.13 Å². The smallest absolute Gasteiger partial charge is 0.185 e. The van der Waals surface area contributed by atoms with Crippen molar-refractivity contribution in [3.63, 3.8) is 0 Å². The molecular formula is C13H21N3OS. The zero-order valence-electron chi connectivity index (χ0n) is 10.7. The molecule has 0 unspecified atom stereocenters. The lowest BCUT2D eigenvalue weighted by Crippen LogP contribution is -2.54. The number of thiazole rings is 1. The van der Waals surface area contributed by atoms with Gasteiger partial charge >= 0.3 is 0 Å². The van der Waals surface area contributed by atoms with Crippen LogP contribution < -0.4 is 4.90 Å². The van der Waals surface area contributed by atoms with Gasteiger partial charge < -0.3 is 10.0 Å². The van der Waals surface area contributed by atoms with Crippen LogP contribution >= 0.6 is 11.3 Å². The zero-order chi connectivity index (χ0) is 12.4. The fourth-order valence-electron chi connectivity index (χ4n) is 3.13. The highest BCUT2D eigenvalue weighted by molar-refractivity contribution is 7.13. The van der Waals surface area contributed by atoms with E-state index >= 15 is 0 Å². The van der Waals surface area contributed by atoms with Crippen molar-refractivity contribution < 1.29 is 5.11 Å². The lowest BCUT2D eigenvalue weighted by molar-refractivity contribution is 0.0173. The first-order chi connectivity index (χ1) is 8.84. The Kier molecular flexibility index (Phi) is 3.82. The molecule has 1 saturated heterocycles. The molecule has 0 aromatic carbocycles. The van der Waals surface area contributed by atoms with E-state index in [-0.39, 0.29) is 6.10 Å². The third-order valence-corrected chi connectivity index (χ3v) is 5.00. The number of piperazine rings is 1. The average molecular weight is 267 g/mol. The fraction of sp³-hybridized carbons (Fsp3) is 0.769. The van der Waals surface area contributed by atoms with Crippen molar-refractivity contribution in [2.24, 2.45) is 0 Å². The van der Waals surface area contributed by atoms with Gasteiger partial charge in [-0.2, -0.15) is 0 Å². The normalized spacial score (nSPS) is 30.6. The summed E-state index contributed by atoms with van der Waals surface area (Å²) in [5.41, 5.74) is 0. The number of anilines is 1. The van der Waals surface area contributed by atoms with Gasteiger partial charge in [0.05, 0.1) is 6.10 Å². The van der Waals surface area contributed by atoms with E-state index in [1.165, 1.54) is 19.3 Å². The van der Waals surface area contributed by atoms with Crippen LogP contribution in [0.2, 0.25) is 0 Å². The van der Waals surface area contributed by atoms with Gasteiger partial charge in [0.1, 0.15) is 0 Å². The SMILES string of the molecule is O[C@@H]1CCCC[C@H]1N1CCN(c2nccs2)CC1. The Hall–Kier alpha value is -0.650. The first-order valence-corrected chi connectivity index (χ1v) is 7.79. The van der Waals surface area contributed by atoms with Crippen molar-refractivity contribution in [2.75, 3.05) is 31.1 Å². The summed E-state index contributed by atoms with van der Waals surface area (Å²) in [6.07, 6.45) is 6.38. The summed E-state index contributed by atoms with van der Waals surface area (Å²) in [7, 11) is 0. The Balaban J connectivity index is 1.56. The Labute approximate surface area is 112 Å². The van der Waals surface area contributed by atoms with Crippen LogP contribution in [0.25, 0.3) is 0 Å². The number of nitrogens with zero attached hydrogens (tertiary/aromatic N) is 3. The first kappa shape index (κ1) is 12.4. The minimum Gasteiger partial charge on any atom is -0.391 e. The molecule has 2 aliphatic rings. The summed E-state index contributed by atoms with van der Waals surface area (Å²) in [6.45, 7) is 4.19. The van der Waals surface area contributed by atoms with Gasteiger partial charge in [-0.05, 0) is 12.8 Å². The average Bonchev–Trinajstić information content (AvgIpc) is 2.94. The molecule has 2 atom stereocenters. The van der Waals surface area contributed by atoms with Crippen molar-refractivity contribution in [1.29, 1.82) is 0 Å². The molecule has 2 fully saturated rings. The van der Waals surface area contributed by atoms with E-state index in [9.17, 15) is 5.11 Å². The highest BCUT2D eigenvalue weighted by atomic mass is 32.1. The standard InChI is InChI=1S/C13H21N3OS/c17-12-4-2-1-3-11(12)15-6-8-16(9-7-15)13-14-5-10-18-13/h5,10-12,17H,1-4,6-9H2/t11-,12-/m1/s1. The van der Waals surface area contributed by atoms with Crippen molar-refractivity contribution in [1.82, 2.24) is 9.88 Å². The molecule has 0 amide bonds. The van der Waals surface area contributed by atoms with Crippen molar-refractivity contribution in [3.05, 3.63) is 11.6 Å². The Morgan fingerprint density at radius 1 is 1.17 bits per heavy atom. The predicted octanol–water partition coefficient (Wildman–Crippen LogP) is 1.57. The van der Waals surface area contributed by atoms with Gasteiger partial charge in [-0.1, -0.05) is 12.8 Å². The zero-order valence-corrected chi connectivity index (χ0v) is 11.5. The minimum absolute atomic E-state index is 0.106. The van der Waals surface area contributed by atoms with Gasteiger partial charge in [0.2, 0.25) is 0 Å². The van der Waals surface area contributed by atoms with Crippen LogP contribution in [0, 0.1) is 0 Å². The quantitative estimate of drug-likeness (QED) is 0.883. The van der Waals surface area contributed by atoms with Gasteiger partial charge in [-0.3, -0.25) is 4.90 Å². The molecule has 18 heavy (non-hydrogen) atoms. The van der Waals surface area contributed by atoms with Crippen LogP contribution in [0.1, 0.15) is 25.7 Å². The summed E-state index contributed by atoms with van der Waals surface area (Å²) >= 11 is 1.71. The lowest BCUT2D eigenvalue weighted by atomic mass is 9.91. The summed E-state index contributed by atoms with van der Waals surface area (Å²) < 4.78 is 0. The van der Waals surface area contributed by atoms with Gasteiger partial charge in [0.15, 0.2) is 5.13 Å². The molecule has 1 aromatic heterocycles. The maximum atomic E-state index is 10.1. The van der Waals surface area contributed by atoms with Gasteiger partial charge in [0.25, 0.3) is 0 Å². The molecule has 1 saturated carbocycles. The third-order valence-electron chi connectivity index (χ3n) is 4.17. The van der Waals surface area contributed by atoms with Crippen LogP contribution in [-0.2, 0) is 0 Å². The molecule has 0 bridgehead atoms. The highest BCUT2D eigenvalue weighted by Gasteiger charge is 2.31. The maximum absolute atomic E-state index is 10.1. The monoisotopic (exact) mass is 267 g/mol. The summed E-state index contributed by atoms with van der Waals surface area (Å²) in [4.78, 5) is 9.21. The second-order valence-electron chi connectivity index (χ2n) is 5.26. The third kappa shape index (κ3) is 2.53. The number of rotatable bonds is 2. The second kappa shape index (κ2) is 5.55. The molecule has 5 heteroatoms. The molecule has 1 aliphatic heterocycles. The number of hydrogen-bond donors (Lipinski definition) is 1. The Morgan fingerprint density at radius 3 is 2.61 bits per heavy atom. The van der Waals surface area contributed by atoms with Crippen LogP contribution in [0.3, 0.4) is 0 Å². The lowest BCUT2D eigenvalue weighted by Gasteiger charge is -2.42. The van der Waals surface area contributed by atoms with Crippen LogP contribution in [0.5, 0.6) is 0 Å². The van der Waals surface area contributed by atoms with Crippen LogP contribution in [-0.4, -0.2) is 53.3 Å². The van der Waals surface area contributed by atoms with Gasteiger partial charge in [0, 0.05) is 43.8 Å². The van der Waals surface area contributed by atoms with E-state index in [2.05, 4.69) is 14.8 Å². The van der Waals surface area contributed by atoms with Crippen molar-refractivity contribution >= 4 is 16.5 Å². The molecule has 2 heterocycles. The molecule has 4 nitrogen and oxygen atoms in total. The van der Waals surface area contributed by atoms with Crippen molar-refractivity contribution in [3.8, 4) is 0 Å². The number of aliphatic hydroxyl groups is 1. The van der Waals surface area contributed by atoms with E-state index in [1.807, 2.05) is 11.6 Å². The fourth-order valence-corrected chi connectivity index (χ4v) is 3.83. The number of hydrogen-bond acceptors (Lipinski definition) is 5. The topological polar surface area (TPSA) is 39.6 Å². The molecule has 100 valence electrons. The van der Waals surface area contributed by atoms with E-state index in [1.54, 1.807) is 11.3 Å². The summed E-state index contributed by atoms with van der Waals surface area (Å²) in [6, 6.07) is 0.400. The molecule has 1 aliphatic carbocycles. The summed E-state index contributed by atoms with van der Waals surface area (Å²) in [5.74, 6) is 0. The molecule has 3 rings (SSSR count). The van der Waals surface area contributed by atoms with Gasteiger partial charge in [-0.15, -0.1) is 11.3 Å². The van der Waals surface area contributed by atoms with Crippen molar-refractivity contribution in [2.45, 2.75) is 37.8 Å². The minimum atomic E-state index is -0.106. The van der Waals surface area contributed by atoms with E-state index in [0.29, 0.717) is 6.04 Å². The largest absolute Gasteiger partial charge is 0.391 e. The maximum Gasteiger partial charge on any atom is 0.185 e. The number of aromatic nitrogens is 1. The van der Waals surface area contributed by atoms with E-state index in [0.717, 1.165) is 37.7 Å². The Bertz CT molecular complexity index is 362. The molecule has 1 aromatic rings. The molecular weight excluding hydrogens is 246 g/mol. The van der Waals surface area contributed by atoms with E-state index < -0.39 is 0 Å².